The fourth-order valence-corrected chi connectivity index (χ4v) is 2.74. The molecule has 5 nitrogen and oxygen atoms in total. The van der Waals surface area contributed by atoms with E-state index >= 15 is 0 Å². The number of thiazole rings is 1. The summed E-state index contributed by atoms with van der Waals surface area (Å²) >= 11 is 1.61. The van der Waals surface area contributed by atoms with Crippen LogP contribution in [0.1, 0.15) is 10.6 Å². The third-order valence-electron chi connectivity index (χ3n) is 3.23. The van der Waals surface area contributed by atoms with Gasteiger partial charge in [-0.15, -0.1) is 11.3 Å². The second-order valence-corrected chi connectivity index (χ2v) is 5.49. The molecule has 0 unspecified atom stereocenters. The van der Waals surface area contributed by atoms with Gasteiger partial charge in [-0.3, -0.25) is 9.59 Å². The lowest BCUT2D eigenvalue weighted by Gasteiger charge is -2.37. The van der Waals surface area contributed by atoms with Crippen molar-refractivity contribution in [1.82, 2.24) is 15.2 Å². The molecule has 0 bridgehead atoms. The molecule has 0 atom stereocenters. The minimum atomic E-state index is -0.107. The summed E-state index contributed by atoms with van der Waals surface area (Å²) in [6.07, 6.45) is 2.09. The number of hydrogen-bond donors (Lipinski definition) is 1. The van der Waals surface area contributed by atoms with Crippen LogP contribution in [0.25, 0.3) is 0 Å². The first kappa shape index (κ1) is 13.7. The smallest absolute Gasteiger partial charge is 0.246 e. The molecule has 0 aliphatic carbocycles. The van der Waals surface area contributed by atoms with Crippen molar-refractivity contribution >= 4 is 23.2 Å². The van der Waals surface area contributed by atoms with Crippen molar-refractivity contribution in [2.75, 3.05) is 19.6 Å². The molecule has 0 spiro atoms. The summed E-state index contributed by atoms with van der Waals surface area (Å²) in [5, 5.41) is 2.90. The fourth-order valence-electron chi connectivity index (χ4n) is 1.96. The lowest BCUT2D eigenvalue weighted by molar-refractivity contribution is -0.139. The maximum Gasteiger partial charge on any atom is 0.246 e. The molecule has 1 aliphatic rings. The van der Waals surface area contributed by atoms with Gasteiger partial charge in [-0.05, 0) is 13.0 Å². The molecule has 6 heteroatoms. The third-order valence-corrected chi connectivity index (χ3v) is 4.23. The Morgan fingerprint density at radius 2 is 2.37 bits per heavy atom. The summed E-state index contributed by atoms with van der Waals surface area (Å²) in [5.74, 6) is -0.161. The average Bonchev–Trinajstić information content (AvgIpc) is 2.73. The van der Waals surface area contributed by atoms with E-state index in [-0.39, 0.29) is 17.7 Å². The van der Waals surface area contributed by atoms with E-state index in [1.807, 2.05) is 12.4 Å². The molecule has 102 valence electrons. The number of nitrogens with one attached hydrogen (secondary N) is 1. The molecule has 0 radical (unpaired) electrons. The van der Waals surface area contributed by atoms with E-state index in [0.29, 0.717) is 19.6 Å². The summed E-state index contributed by atoms with van der Waals surface area (Å²) in [7, 11) is 0. The monoisotopic (exact) mass is 279 g/mol. The zero-order chi connectivity index (χ0) is 13.8. The Labute approximate surface area is 116 Å². The van der Waals surface area contributed by atoms with Crippen LogP contribution in [0.2, 0.25) is 0 Å². The number of likely N-dealkylation sites (tertiary alicyclic amines) is 1. The van der Waals surface area contributed by atoms with E-state index in [4.69, 9.17) is 0 Å². The molecular formula is C13H17N3O2S. The van der Waals surface area contributed by atoms with Crippen molar-refractivity contribution in [3.05, 3.63) is 28.7 Å². The molecule has 2 amide bonds. The number of hydrogen-bond acceptors (Lipinski definition) is 4. The highest BCUT2D eigenvalue weighted by Gasteiger charge is 2.34. The van der Waals surface area contributed by atoms with Crippen molar-refractivity contribution in [2.45, 2.75) is 13.3 Å². The number of rotatable bonds is 5. The molecular weight excluding hydrogens is 262 g/mol. The summed E-state index contributed by atoms with van der Waals surface area (Å²) in [6.45, 7) is 7.01. The van der Waals surface area contributed by atoms with Crippen molar-refractivity contribution in [3.8, 4) is 0 Å². The van der Waals surface area contributed by atoms with Crippen molar-refractivity contribution in [2.24, 2.45) is 5.92 Å². The molecule has 1 saturated heterocycles. The van der Waals surface area contributed by atoms with Crippen LogP contribution in [0.5, 0.6) is 0 Å². The number of carbonyl (C=O) groups excluding carboxylic acids is 2. The second kappa shape index (κ2) is 5.97. The maximum atomic E-state index is 11.8. The minimum Gasteiger partial charge on any atom is -0.355 e. The van der Waals surface area contributed by atoms with Crippen LogP contribution in [0.15, 0.2) is 18.2 Å². The summed E-state index contributed by atoms with van der Waals surface area (Å²) in [4.78, 5) is 30.0. The zero-order valence-electron chi connectivity index (χ0n) is 10.9. The summed E-state index contributed by atoms with van der Waals surface area (Å²) in [5.41, 5.74) is 2.85. The first-order valence-corrected chi connectivity index (χ1v) is 7.07. The standard InChI is InChI=1S/C13H17N3O2S/c1-3-12(17)16-6-10(7-16)13(18)14-5-4-11-9(2)15-8-19-11/h3,8,10H,1,4-7H2,2H3,(H,14,18). The molecule has 1 aliphatic heterocycles. The van der Waals surface area contributed by atoms with Gasteiger partial charge in [-0.2, -0.15) is 0 Å². The highest BCUT2D eigenvalue weighted by Crippen LogP contribution is 2.16. The largest absolute Gasteiger partial charge is 0.355 e. The van der Waals surface area contributed by atoms with Gasteiger partial charge in [0.25, 0.3) is 0 Å². The van der Waals surface area contributed by atoms with Gasteiger partial charge in [0.1, 0.15) is 0 Å². The minimum absolute atomic E-state index is 0.0234. The van der Waals surface area contributed by atoms with Crippen LogP contribution < -0.4 is 5.32 Å². The van der Waals surface area contributed by atoms with Crippen LogP contribution in [0.4, 0.5) is 0 Å². The molecule has 1 aromatic rings. The van der Waals surface area contributed by atoms with Crippen LogP contribution >= 0.6 is 11.3 Å². The van der Waals surface area contributed by atoms with Gasteiger partial charge >= 0.3 is 0 Å². The van der Waals surface area contributed by atoms with E-state index in [2.05, 4.69) is 16.9 Å². The lowest BCUT2D eigenvalue weighted by Crippen LogP contribution is -2.55. The predicted molar refractivity (Wildman–Crippen MR) is 73.8 cm³/mol. The molecule has 1 aromatic heterocycles. The maximum absolute atomic E-state index is 11.8. The molecule has 0 saturated carbocycles. The number of amides is 2. The first-order chi connectivity index (χ1) is 9.11. The highest BCUT2D eigenvalue weighted by atomic mass is 32.1. The van der Waals surface area contributed by atoms with Gasteiger partial charge in [0.05, 0.1) is 17.1 Å². The Balaban J connectivity index is 1.68. The number of aromatic nitrogens is 1. The van der Waals surface area contributed by atoms with E-state index in [0.717, 1.165) is 12.1 Å². The van der Waals surface area contributed by atoms with Gasteiger partial charge in [0.2, 0.25) is 11.8 Å². The lowest BCUT2D eigenvalue weighted by atomic mass is 9.99. The summed E-state index contributed by atoms with van der Waals surface area (Å²) in [6, 6.07) is 0. The van der Waals surface area contributed by atoms with Crippen molar-refractivity contribution in [1.29, 1.82) is 0 Å². The van der Waals surface area contributed by atoms with Crippen LogP contribution in [0, 0.1) is 12.8 Å². The third kappa shape index (κ3) is 3.20. The Bertz CT molecular complexity index is 492. The van der Waals surface area contributed by atoms with E-state index < -0.39 is 0 Å². The summed E-state index contributed by atoms with van der Waals surface area (Å²) < 4.78 is 0. The number of carbonyl (C=O) groups is 2. The quantitative estimate of drug-likeness (QED) is 0.809. The van der Waals surface area contributed by atoms with Gasteiger partial charge in [-0.1, -0.05) is 6.58 Å². The topological polar surface area (TPSA) is 62.3 Å². The zero-order valence-corrected chi connectivity index (χ0v) is 11.7. The Hall–Kier alpha value is -1.69. The first-order valence-electron chi connectivity index (χ1n) is 6.20. The molecule has 0 aromatic carbocycles. The fraction of sp³-hybridized carbons (Fsp3) is 0.462. The number of nitrogens with zero attached hydrogens (tertiary/aromatic N) is 2. The molecule has 1 N–H and O–H groups in total. The van der Waals surface area contributed by atoms with Crippen molar-refractivity contribution in [3.63, 3.8) is 0 Å². The predicted octanol–water partition coefficient (Wildman–Crippen LogP) is 0.755. The van der Waals surface area contributed by atoms with Gasteiger partial charge in [0.15, 0.2) is 0 Å². The van der Waals surface area contributed by atoms with Crippen molar-refractivity contribution < 1.29 is 9.59 Å². The van der Waals surface area contributed by atoms with E-state index in [1.54, 1.807) is 16.2 Å². The van der Waals surface area contributed by atoms with Crippen LogP contribution in [-0.2, 0) is 16.0 Å². The normalized spacial score (nSPS) is 14.9. The molecule has 2 heterocycles. The Morgan fingerprint density at radius 1 is 1.63 bits per heavy atom. The Morgan fingerprint density at radius 3 is 2.95 bits per heavy atom. The van der Waals surface area contributed by atoms with Crippen LogP contribution in [-0.4, -0.2) is 41.3 Å². The Kier molecular flexibility index (Phi) is 4.31. The second-order valence-electron chi connectivity index (χ2n) is 4.55. The molecule has 2 rings (SSSR count). The van der Waals surface area contributed by atoms with Gasteiger partial charge in [0, 0.05) is 30.9 Å². The SMILES string of the molecule is C=CC(=O)N1CC(C(=O)NCCc2scnc2C)C1. The van der Waals surface area contributed by atoms with E-state index in [1.165, 1.54) is 11.0 Å². The average molecular weight is 279 g/mol. The van der Waals surface area contributed by atoms with E-state index in [9.17, 15) is 9.59 Å². The van der Waals surface area contributed by atoms with Crippen LogP contribution in [0.3, 0.4) is 0 Å². The number of aryl methyl sites for hydroxylation is 1. The molecule has 19 heavy (non-hydrogen) atoms. The van der Waals surface area contributed by atoms with Gasteiger partial charge < -0.3 is 10.2 Å². The highest BCUT2D eigenvalue weighted by molar-refractivity contribution is 7.09. The van der Waals surface area contributed by atoms with Gasteiger partial charge in [-0.25, -0.2) is 4.98 Å². The molecule has 1 fully saturated rings.